The van der Waals surface area contributed by atoms with Gasteiger partial charge in [-0.2, -0.15) is 0 Å². The molecule has 0 fully saturated rings. The van der Waals surface area contributed by atoms with Crippen molar-refractivity contribution in [1.29, 1.82) is 0 Å². The lowest BCUT2D eigenvalue weighted by atomic mass is 9.99. The van der Waals surface area contributed by atoms with E-state index in [4.69, 9.17) is 11.5 Å². The Morgan fingerprint density at radius 1 is 1.18 bits per heavy atom. The van der Waals surface area contributed by atoms with Gasteiger partial charge in [-0.25, -0.2) is 0 Å². The number of nitrogens with two attached hydrogens (primary N) is 2. The van der Waals surface area contributed by atoms with Crippen LogP contribution in [0.3, 0.4) is 0 Å². The van der Waals surface area contributed by atoms with Crippen LogP contribution in [0, 0.1) is 11.8 Å². The van der Waals surface area contributed by atoms with Crippen LogP contribution >= 0.6 is 0 Å². The fourth-order valence-electron chi connectivity index (χ4n) is 2.47. The minimum Gasteiger partial charge on any atom is -0.330 e. The summed E-state index contributed by atoms with van der Waals surface area (Å²) in [5.74, 6) is 6.62. The quantitative estimate of drug-likeness (QED) is 0.328. The van der Waals surface area contributed by atoms with E-state index in [1.807, 2.05) is 0 Å². The molecule has 4 N–H and O–H groups in total. The first-order valence-corrected chi connectivity index (χ1v) is 8.72. The minimum atomic E-state index is 0.153. The predicted octanol–water partition coefficient (Wildman–Crippen LogP) is 3.71. The number of rotatable bonds is 12. The molecule has 0 spiro atoms. The van der Waals surface area contributed by atoms with E-state index in [0.29, 0.717) is 13.0 Å². The summed E-state index contributed by atoms with van der Waals surface area (Å²) >= 11 is 0. The smallest absolute Gasteiger partial charge is 0.119 e. The molecular weight excluding hydrogens is 272 g/mol. The van der Waals surface area contributed by atoms with Crippen LogP contribution in [0.25, 0.3) is 0 Å². The van der Waals surface area contributed by atoms with Gasteiger partial charge in [-0.1, -0.05) is 43.6 Å². The van der Waals surface area contributed by atoms with Crippen LogP contribution in [0.1, 0.15) is 78.1 Å². The van der Waals surface area contributed by atoms with Crippen LogP contribution in [-0.2, 0) is 4.79 Å². The second kappa shape index (κ2) is 14.8. The van der Waals surface area contributed by atoms with Gasteiger partial charge < -0.3 is 16.3 Å². The molecule has 0 aromatic heterocycles. The SMILES string of the molecule is CC/C(C#CCCCCCCCC=O)=C(\C)CC(N)CCN. The van der Waals surface area contributed by atoms with Gasteiger partial charge in [-0.15, -0.1) is 0 Å². The Morgan fingerprint density at radius 3 is 2.50 bits per heavy atom. The highest BCUT2D eigenvalue weighted by Gasteiger charge is 2.05. The number of unbranched alkanes of at least 4 members (excludes halogenated alkanes) is 6. The maximum Gasteiger partial charge on any atom is 0.119 e. The molecule has 0 bridgehead atoms. The molecule has 0 aliphatic heterocycles. The Balaban J connectivity index is 4.04. The van der Waals surface area contributed by atoms with E-state index in [2.05, 4.69) is 25.7 Å². The first-order valence-electron chi connectivity index (χ1n) is 8.72. The van der Waals surface area contributed by atoms with E-state index in [1.165, 1.54) is 24.0 Å². The van der Waals surface area contributed by atoms with Crippen molar-refractivity contribution in [3.8, 4) is 11.8 Å². The van der Waals surface area contributed by atoms with E-state index in [0.717, 1.165) is 51.2 Å². The molecule has 1 unspecified atom stereocenters. The zero-order valence-electron chi connectivity index (χ0n) is 14.5. The number of carbonyl (C=O) groups excluding carboxylic acids is 1. The van der Waals surface area contributed by atoms with E-state index in [9.17, 15) is 4.79 Å². The van der Waals surface area contributed by atoms with Gasteiger partial charge in [0, 0.05) is 24.5 Å². The first-order chi connectivity index (χ1) is 10.7. The zero-order chi connectivity index (χ0) is 16.6. The number of hydrogen-bond donors (Lipinski definition) is 2. The molecule has 22 heavy (non-hydrogen) atoms. The average molecular weight is 306 g/mol. The summed E-state index contributed by atoms with van der Waals surface area (Å²) in [4.78, 5) is 10.2. The topological polar surface area (TPSA) is 69.1 Å². The normalized spacial score (nSPS) is 13.1. The van der Waals surface area contributed by atoms with Crippen LogP contribution in [0.2, 0.25) is 0 Å². The highest BCUT2D eigenvalue weighted by molar-refractivity contribution is 5.48. The molecule has 0 saturated heterocycles. The van der Waals surface area contributed by atoms with E-state index in [1.54, 1.807) is 0 Å². The van der Waals surface area contributed by atoms with Crippen LogP contribution in [0.5, 0.6) is 0 Å². The Hall–Kier alpha value is -1.11. The molecule has 1 atom stereocenters. The van der Waals surface area contributed by atoms with Crippen molar-refractivity contribution in [2.45, 2.75) is 84.1 Å². The second-order valence-corrected chi connectivity index (χ2v) is 5.93. The Bertz CT molecular complexity index is 377. The van der Waals surface area contributed by atoms with Crippen molar-refractivity contribution in [2.24, 2.45) is 11.5 Å². The van der Waals surface area contributed by atoms with Crippen LogP contribution in [0.4, 0.5) is 0 Å². The van der Waals surface area contributed by atoms with Crippen LogP contribution in [0.15, 0.2) is 11.1 Å². The van der Waals surface area contributed by atoms with E-state index >= 15 is 0 Å². The number of carbonyl (C=O) groups is 1. The van der Waals surface area contributed by atoms with Gasteiger partial charge in [-0.05, 0) is 45.6 Å². The standard InChI is InChI=1S/C19H34N2O/c1-3-18(17(2)16-19(21)13-14-20)12-10-8-6-4-5-7-9-11-15-22/h15,19H,3-9,11,13-14,16,20-21H2,1-2H3/b18-17-. The predicted molar refractivity (Wildman–Crippen MR) is 95.4 cm³/mol. The molecule has 126 valence electrons. The summed E-state index contributed by atoms with van der Waals surface area (Å²) in [5.41, 5.74) is 14.1. The summed E-state index contributed by atoms with van der Waals surface area (Å²) in [5, 5.41) is 0. The summed E-state index contributed by atoms with van der Waals surface area (Å²) in [7, 11) is 0. The summed E-state index contributed by atoms with van der Waals surface area (Å²) < 4.78 is 0. The second-order valence-electron chi connectivity index (χ2n) is 5.93. The highest BCUT2D eigenvalue weighted by Crippen LogP contribution is 2.14. The van der Waals surface area contributed by atoms with Crippen molar-refractivity contribution < 1.29 is 4.79 Å². The average Bonchev–Trinajstić information content (AvgIpc) is 2.49. The van der Waals surface area contributed by atoms with Crippen molar-refractivity contribution in [2.75, 3.05) is 6.54 Å². The fraction of sp³-hybridized carbons (Fsp3) is 0.737. The molecular formula is C19H34N2O. The van der Waals surface area contributed by atoms with E-state index < -0.39 is 0 Å². The van der Waals surface area contributed by atoms with Crippen LogP contribution < -0.4 is 11.5 Å². The lowest BCUT2D eigenvalue weighted by Gasteiger charge is -2.12. The van der Waals surface area contributed by atoms with E-state index in [-0.39, 0.29) is 6.04 Å². The molecule has 0 saturated carbocycles. The Labute approximate surface area is 136 Å². The number of aldehydes is 1. The summed E-state index contributed by atoms with van der Waals surface area (Å²) in [6.07, 6.45) is 11.2. The monoisotopic (exact) mass is 306 g/mol. The molecule has 0 rings (SSSR count). The fourth-order valence-corrected chi connectivity index (χ4v) is 2.47. The maximum absolute atomic E-state index is 10.2. The Morgan fingerprint density at radius 2 is 1.86 bits per heavy atom. The molecule has 3 nitrogen and oxygen atoms in total. The molecule has 0 heterocycles. The van der Waals surface area contributed by atoms with Gasteiger partial charge in [-0.3, -0.25) is 0 Å². The molecule has 0 amide bonds. The lowest BCUT2D eigenvalue weighted by molar-refractivity contribution is -0.107. The molecule has 3 heteroatoms. The maximum atomic E-state index is 10.2. The molecule has 0 aromatic rings. The van der Waals surface area contributed by atoms with Gasteiger partial charge in [0.05, 0.1) is 0 Å². The molecule has 0 aliphatic rings. The Kier molecular flexibility index (Phi) is 14.1. The van der Waals surface area contributed by atoms with Gasteiger partial charge >= 0.3 is 0 Å². The largest absolute Gasteiger partial charge is 0.330 e. The molecule has 0 aliphatic carbocycles. The third-order valence-electron chi connectivity index (χ3n) is 3.84. The van der Waals surface area contributed by atoms with Gasteiger partial charge in [0.25, 0.3) is 0 Å². The number of allylic oxidation sites excluding steroid dienone is 1. The summed E-state index contributed by atoms with van der Waals surface area (Å²) in [6.45, 7) is 4.93. The number of hydrogen-bond acceptors (Lipinski definition) is 3. The van der Waals surface area contributed by atoms with Crippen molar-refractivity contribution in [1.82, 2.24) is 0 Å². The minimum absolute atomic E-state index is 0.153. The first kappa shape index (κ1) is 20.9. The third-order valence-corrected chi connectivity index (χ3v) is 3.84. The van der Waals surface area contributed by atoms with Crippen molar-refractivity contribution in [3.05, 3.63) is 11.1 Å². The van der Waals surface area contributed by atoms with Gasteiger partial charge in [0.1, 0.15) is 6.29 Å². The molecule has 0 radical (unpaired) electrons. The van der Waals surface area contributed by atoms with Gasteiger partial charge in [0.2, 0.25) is 0 Å². The summed E-state index contributed by atoms with van der Waals surface area (Å²) in [6, 6.07) is 0.153. The molecule has 0 aromatic carbocycles. The highest BCUT2D eigenvalue weighted by atomic mass is 16.1. The third kappa shape index (κ3) is 11.5. The van der Waals surface area contributed by atoms with Crippen molar-refractivity contribution >= 4 is 6.29 Å². The lowest BCUT2D eigenvalue weighted by Crippen LogP contribution is -2.24. The zero-order valence-corrected chi connectivity index (χ0v) is 14.5. The van der Waals surface area contributed by atoms with Crippen molar-refractivity contribution in [3.63, 3.8) is 0 Å². The van der Waals surface area contributed by atoms with Crippen LogP contribution in [-0.4, -0.2) is 18.9 Å². The van der Waals surface area contributed by atoms with Gasteiger partial charge in [0.15, 0.2) is 0 Å².